The topological polar surface area (TPSA) is 250 Å². The summed E-state index contributed by atoms with van der Waals surface area (Å²) in [5.74, 6) is -1.20. The number of benzene rings is 2. The molecule has 0 saturated carbocycles. The number of aldehydes is 3. The minimum atomic E-state index is -0.888. The Hall–Kier alpha value is -3.56. The number of imide groups is 2. The second-order valence-corrected chi connectivity index (χ2v) is 12.0. The fraction of sp³-hybridized carbons (Fsp3) is 0.425. The number of hydrogen-bond donors (Lipinski definition) is 3. The van der Waals surface area contributed by atoms with Crippen molar-refractivity contribution in [3.63, 3.8) is 0 Å². The summed E-state index contributed by atoms with van der Waals surface area (Å²) in [6, 6.07) is 8.44. The van der Waals surface area contributed by atoms with Crippen LogP contribution in [-0.2, 0) is 81.1 Å². The molecule has 3 N–H and O–H groups in total. The van der Waals surface area contributed by atoms with Crippen molar-refractivity contribution < 1.29 is 138 Å². The number of amides is 6. The van der Waals surface area contributed by atoms with E-state index in [4.69, 9.17) is 14.2 Å². The molecular formula is C40H54KN5O14OsS-. The van der Waals surface area contributed by atoms with Crippen molar-refractivity contribution in [3.8, 4) is 11.5 Å². The van der Waals surface area contributed by atoms with Gasteiger partial charge in [-0.2, -0.15) is 0 Å². The first kappa shape index (κ1) is 65.1. The Morgan fingerprint density at radius 2 is 1.61 bits per heavy atom. The number of nitrogens with zero attached hydrogens (tertiary/aromatic N) is 2. The number of likely N-dealkylation sites (N-methyl/N-ethyl adjacent to an activating group) is 3. The Morgan fingerprint density at radius 1 is 0.968 bits per heavy atom. The van der Waals surface area contributed by atoms with Crippen molar-refractivity contribution in [1.82, 2.24) is 25.8 Å². The number of aryl methyl sites for hydroxylation is 1. The van der Waals surface area contributed by atoms with Gasteiger partial charge in [-0.25, -0.2) is 13.4 Å². The monoisotopic (exact) mass is 1090 g/mol. The summed E-state index contributed by atoms with van der Waals surface area (Å²) in [5.41, 5.74) is 2.28. The van der Waals surface area contributed by atoms with Crippen LogP contribution in [0.1, 0.15) is 57.5 Å². The van der Waals surface area contributed by atoms with Gasteiger partial charge in [0, 0.05) is 45.7 Å². The van der Waals surface area contributed by atoms with Gasteiger partial charge in [0.1, 0.15) is 36.5 Å². The number of thiol groups is 1. The van der Waals surface area contributed by atoms with Gasteiger partial charge in [-0.3, -0.25) is 48.6 Å². The molecule has 339 valence electrons. The second kappa shape index (κ2) is 40.2. The summed E-state index contributed by atoms with van der Waals surface area (Å²) >= 11 is 0. The van der Waals surface area contributed by atoms with Gasteiger partial charge in [-0.15, -0.1) is 0 Å². The van der Waals surface area contributed by atoms with Crippen LogP contribution in [0.2, 0.25) is 0 Å². The maximum Gasteiger partial charge on any atom is 1.00 e. The largest absolute Gasteiger partial charge is 1.00 e. The van der Waals surface area contributed by atoms with Crippen LogP contribution < -0.4 is 76.8 Å². The number of nitrogens with one attached hydrogen (secondary N) is 3. The fourth-order valence-corrected chi connectivity index (χ4v) is 4.85. The average Bonchev–Trinajstić information content (AvgIpc) is 3.24. The third-order valence-electron chi connectivity index (χ3n) is 8.12. The summed E-state index contributed by atoms with van der Waals surface area (Å²) in [5, 5.41) is 7.45. The Morgan fingerprint density at radius 3 is 2.15 bits per heavy atom. The first-order valence-electron chi connectivity index (χ1n) is 18.1. The van der Waals surface area contributed by atoms with E-state index in [0.717, 1.165) is 29.4 Å². The third kappa shape index (κ3) is 24.9. The quantitative estimate of drug-likeness (QED) is 0.0205. The predicted octanol–water partition coefficient (Wildman–Crippen LogP) is -2.80. The van der Waals surface area contributed by atoms with Crippen molar-refractivity contribution in [2.75, 3.05) is 60.7 Å². The molecular weight excluding hydrogens is 1040 g/mol. The number of carbonyl (C=O) groups excluding carboxylic acids is 10. The van der Waals surface area contributed by atoms with Crippen molar-refractivity contribution in [2.24, 2.45) is 0 Å². The number of piperidine rings is 1. The molecule has 1 heterocycles. The molecule has 1 aliphatic heterocycles. The minimum Gasteiger partial charge on any atom is -0.813 e. The van der Waals surface area contributed by atoms with E-state index < -0.39 is 29.8 Å². The van der Waals surface area contributed by atoms with Gasteiger partial charge in [0.25, 0.3) is 5.91 Å². The molecule has 0 spiro atoms. The van der Waals surface area contributed by atoms with E-state index in [9.17, 15) is 47.9 Å². The average molecular weight is 1090 g/mol. The zero-order valence-electron chi connectivity index (χ0n) is 35.7. The molecule has 62 heavy (non-hydrogen) atoms. The smallest absolute Gasteiger partial charge is 0.813 e. The zero-order valence-corrected chi connectivity index (χ0v) is 42.3. The van der Waals surface area contributed by atoms with Crippen LogP contribution in [0.3, 0.4) is 0 Å². The summed E-state index contributed by atoms with van der Waals surface area (Å²) < 4.78 is 20.0. The summed E-state index contributed by atoms with van der Waals surface area (Å²) in [4.78, 5) is 111. The van der Waals surface area contributed by atoms with Gasteiger partial charge in [0.2, 0.25) is 30.5 Å². The molecule has 0 bridgehead atoms. The van der Waals surface area contributed by atoms with E-state index >= 15 is 0 Å². The normalized spacial score (nSPS) is 12.4. The van der Waals surface area contributed by atoms with Gasteiger partial charge in [0.15, 0.2) is 12.6 Å². The van der Waals surface area contributed by atoms with Crippen LogP contribution in [0.15, 0.2) is 36.4 Å². The number of rotatable bonds is 22. The van der Waals surface area contributed by atoms with Gasteiger partial charge in [-0.05, 0) is 63.6 Å². The Bertz CT molecular complexity index is 1680. The van der Waals surface area contributed by atoms with Crippen molar-refractivity contribution in [3.05, 3.63) is 65.8 Å². The third-order valence-corrected chi connectivity index (χ3v) is 8.12. The van der Waals surface area contributed by atoms with Crippen molar-refractivity contribution in [2.45, 2.75) is 51.6 Å². The van der Waals surface area contributed by atoms with E-state index in [0.29, 0.717) is 37.0 Å². The maximum absolute atomic E-state index is 12.9. The van der Waals surface area contributed by atoms with Crippen LogP contribution >= 0.6 is 0 Å². The molecule has 1 radical (unpaired) electrons. The maximum atomic E-state index is 12.9. The molecule has 1 aliphatic rings. The molecule has 1 saturated heterocycles. The SMILES string of the molecule is CNC(=O)C(CCC=O)N(C)C(=O)c1c(C=O)cccc1OCC=O.Cc1cccc(OC[C-]=O)c1C.O=CN(C=O)C1CCC(=O)NC1=O.[CH2-]OCCOCCNC.[K+].[Os+].[SH-]. The number of carbonyl (C=O) groups is 9. The van der Waals surface area contributed by atoms with Crippen LogP contribution in [0.4, 0.5) is 0 Å². The standard InChI is InChI=1S/C17H20N2O6.C10H11O2.C7H8N2O4.C6H14NO2.K.Os.H2S/c1-18-16(23)13(6-4-8-20)19(2)17(24)15-12(11-22)5-3-7-14(15)25-10-9-21;1-8-4-3-5-10(9(8)2)12-7-6-11;10-3-9(4-11)5-1-2-6(12)8-7(5)13;1-7-3-4-9-6-5-8-2;;;/h3,5,7-9,11,13H,4,6,10H2,1-2H3,(H,18,23);3-5H,7H2,1-2H3;3-5H,1-2H2,(H,8,12,13);7H,2-6H2,1H3;;;1H2/q;-1;;-1;2*+1;/p-1. The fourth-order valence-electron chi connectivity index (χ4n) is 4.85. The van der Waals surface area contributed by atoms with Crippen LogP contribution in [0.25, 0.3) is 0 Å². The van der Waals surface area contributed by atoms with Gasteiger partial charge in [0.05, 0.1) is 18.8 Å². The van der Waals surface area contributed by atoms with Gasteiger partial charge in [-0.1, -0.05) is 24.3 Å². The summed E-state index contributed by atoms with van der Waals surface area (Å²) in [7, 11) is 7.92. The van der Waals surface area contributed by atoms with Crippen LogP contribution in [-0.4, -0.2) is 144 Å². The zero-order chi connectivity index (χ0) is 44.6. The molecule has 0 aliphatic carbocycles. The van der Waals surface area contributed by atoms with E-state index in [1.165, 1.54) is 37.9 Å². The Kier molecular flexibility index (Phi) is 42.2. The molecule has 3 rings (SSSR count). The predicted molar refractivity (Wildman–Crippen MR) is 221 cm³/mol. The number of hydrogen-bond acceptors (Lipinski definition) is 16. The van der Waals surface area contributed by atoms with Crippen molar-refractivity contribution in [1.29, 1.82) is 0 Å². The summed E-state index contributed by atoms with van der Waals surface area (Å²) in [6.07, 6.45) is 4.48. The molecule has 19 nitrogen and oxygen atoms in total. The molecule has 6 amide bonds. The van der Waals surface area contributed by atoms with E-state index in [1.807, 2.05) is 44.4 Å². The summed E-state index contributed by atoms with van der Waals surface area (Å²) in [6.45, 7) is 6.52. The number of ether oxygens (including phenoxy) is 4. The minimum absolute atomic E-state index is 0. The first-order chi connectivity index (χ1) is 28.4. The van der Waals surface area contributed by atoms with Crippen LogP contribution in [0.5, 0.6) is 11.5 Å². The molecule has 2 aromatic rings. The first-order valence-corrected chi connectivity index (χ1v) is 18.1. The van der Waals surface area contributed by atoms with Gasteiger partial charge < -0.3 is 57.6 Å². The molecule has 2 aromatic carbocycles. The molecule has 2 unspecified atom stereocenters. The Labute approximate surface area is 424 Å². The van der Waals surface area contributed by atoms with Crippen LogP contribution in [0, 0.1) is 21.0 Å². The molecule has 0 aromatic heterocycles. The Balaban J connectivity index is -0.000000386. The molecule has 1 fully saturated rings. The molecule has 22 heteroatoms. The van der Waals surface area contributed by atoms with E-state index in [2.05, 4.69) is 22.5 Å². The van der Waals surface area contributed by atoms with E-state index in [-0.39, 0.29) is 159 Å². The van der Waals surface area contributed by atoms with Gasteiger partial charge >= 0.3 is 71.2 Å². The second-order valence-electron chi connectivity index (χ2n) is 12.0. The molecule has 2 atom stereocenters. The van der Waals surface area contributed by atoms with Crippen molar-refractivity contribution >= 4 is 75.1 Å². The van der Waals surface area contributed by atoms with E-state index in [1.54, 1.807) is 6.29 Å².